The molecule has 0 spiro atoms. The van der Waals surface area contributed by atoms with Crippen molar-refractivity contribution >= 4 is 39.2 Å². The molecular formula is C24H28ClN3O5S. The molecular weight excluding hydrogens is 478 g/mol. The largest absolute Gasteiger partial charge is 0.339 e. The van der Waals surface area contributed by atoms with E-state index in [1.807, 2.05) is 13.8 Å². The van der Waals surface area contributed by atoms with Gasteiger partial charge in [-0.3, -0.25) is 14.4 Å². The van der Waals surface area contributed by atoms with Crippen molar-refractivity contribution in [3.63, 3.8) is 0 Å². The van der Waals surface area contributed by atoms with Crippen LogP contribution in [0, 0.1) is 6.92 Å². The fourth-order valence-corrected chi connectivity index (χ4v) is 5.24. The Morgan fingerprint density at radius 1 is 0.941 bits per heavy atom. The van der Waals surface area contributed by atoms with Crippen LogP contribution in [0.5, 0.6) is 0 Å². The number of hydrogen-bond donors (Lipinski definition) is 1. The van der Waals surface area contributed by atoms with Gasteiger partial charge in [0.25, 0.3) is 11.8 Å². The van der Waals surface area contributed by atoms with Gasteiger partial charge < -0.3 is 15.1 Å². The summed E-state index contributed by atoms with van der Waals surface area (Å²) in [5, 5.41) is 0.952. The Labute approximate surface area is 204 Å². The topological polar surface area (TPSA) is 104 Å². The number of aryl methyl sites for hydroxylation is 1. The summed E-state index contributed by atoms with van der Waals surface area (Å²) in [5.74, 6) is -1.40. The zero-order valence-corrected chi connectivity index (χ0v) is 20.7. The highest BCUT2D eigenvalue weighted by Crippen LogP contribution is 2.20. The lowest BCUT2D eigenvalue weighted by molar-refractivity contribution is -0.139. The van der Waals surface area contributed by atoms with Crippen molar-refractivity contribution in [3.8, 4) is 0 Å². The molecule has 0 bridgehead atoms. The van der Waals surface area contributed by atoms with Crippen LogP contribution in [0.2, 0.25) is 5.02 Å². The monoisotopic (exact) mass is 505 g/mol. The molecule has 0 unspecified atom stereocenters. The number of sulfone groups is 1. The molecule has 0 saturated carbocycles. The summed E-state index contributed by atoms with van der Waals surface area (Å²) in [6.07, 6.45) is 1.15. The highest BCUT2D eigenvalue weighted by atomic mass is 35.5. The first-order valence-electron chi connectivity index (χ1n) is 11.1. The van der Waals surface area contributed by atoms with E-state index < -0.39 is 27.0 Å². The van der Waals surface area contributed by atoms with Crippen molar-refractivity contribution < 1.29 is 22.8 Å². The molecule has 1 heterocycles. The van der Waals surface area contributed by atoms with E-state index in [0.717, 1.165) is 12.0 Å². The SMILES string of the molecule is CCCC(=O)N1CCN(C(=O)[C@@H](NC(=O)c2ccc(C)cc2)S(=O)(=O)c2ccc(Cl)cc2)CC1. The lowest BCUT2D eigenvalue weighted by Gasteiger charge is -2.36. The third-order valence-corrected chi connectivity index (χ3v) is 7.78. The van der Waals surface area contributed by atoms with Crippen LogP contribution in [0.1, 0.15) is 35.7 Å². The maximum absolute atomic E-state index is 13.4. The molecule has 8 nitrogen and oxygen atoms in total. The number of carbonyl (C=O) groups is 3. The summed E-state index contributed by atoms with van der Waals surface area (Å²) in [6.45, 7) is 4.77. The van der Waals surface area contributed by atoms with Crippen molar-refractivity contribution in [2.24, 2.45) is 0 Å². The van der Waals surface area contributed by atoms with Gasteiger partial charge >= 0.3 is 0 Å². The zero-order chi connectivity index (χ0) is 24.9. The van der Waals surface area contributed by atoms with Gasteiger partial charge in [0.15, 0.2) is 0 Å². The molecule has 1 aliphatic heterocycles. The number of rotatable bonds is 7. The van der Waals surface area contributed by atoms with Crippen LogP contribution in [-0.4, -0.2) is 67.5 Å². The molecule has 34 heavy (non-hydrogen) atoms. The number of amides is 3. The molecule has 1 N–H and O–H groups in total. The van der Waals surface area contributed by atoms with E-state index in [0.29, 0.717) is 24.5 Å². The Morgan fingerprint density at radius 3 is 2.06 bits per heavy atom. The third kappa shape index (κ3) is 5.95. The minimum absolute atomic E-state index is 0.00704. The quantitative estimate of drug-likeness (QED) is 0.623. The molecule has 2 aromatic carbocycles. The van der Waals surface area contributed by atoms with E-state index in [2.05, 4.69) is 5.32 Å². The number of nitrogens with zero attached hydrogens (tertiary/aromatic N) is 2. The predicted octanol–water partition coefficient (Wildman–Crippen LogP) is 2.65. The number of carbonyl (C=O) groups excluding carboxylic acids is 3. The van der Waals surface area contributed by atoms with Crippen LogP contribution in [0.15, 0.2) is 53.4 Å². The minimum atomic E-state index is -4.28. The summed E-state index contributed by atoms with van der Waals surface area (Å²) in [4.78, 5) is 41.4. The van der Waals surface area contributed by atoms with Gasteiger partial charge in [-0.2, -0.15) is 0 Å². The van der Waals surface area contributed by atoms with Gasteiger partial charge in [-0.05, 0) is 49.7 Å². The summed E-state index contributed by atoms with van der Waals surface area (Å²) < 4.78 is 26.9. The first-order valence-corrected chi connectivity index (χ1v) is 13.0. The van der Waals surface area contributed by atoms with Gasteiger partial charge in [-0.25, -0.2) is 8.42 Å². The second-order valence-corrected chi connectivity index (χ2v) is 10.6. The fraction of sp³-hybridized carbons (Fsp3) is 0.375. The van der Waals surface area contributed by atoms with Gasteiger partial charge in [-0.1, -0.05) is 36.2 Å². The van der Waals surface area contributed by atoms with Gasteiger partial charge in [-0.15, -0.1) is 0 Å². The van der Waals surface area contributed by atoms with Crippen LogP contribution in [-0.2, 0) is 19.4 Å². The van der Waals surface area contributed by atoms with Gasteiger partial charge in [0.1, 0.15) is 0 Å². The second kappa shape index (κ2) is 11.0. The summed E-state index contributed by atoms with van der Waals surface area (Å²) in [6, 6.07) is 12.0. The van der Waals surface area contributed by atoms with Crippen LogP contribution in [0.25, 0.3) is 0 Å². The van der Waals surface area contributed by atoms with Crippen molar-refractivity contribution in [2.75, 3.05) is 26.2 Å². The van der Waals surface area contributed by atoms with E-state index in [-0.39, 0.29) is 29.5 Å². The molecule has 3 rings (SSSR count). The molecule has 0 aliphatic carbocycles. The lowest BCUT2D eigenvalue weighted by Crippen LogP contribution is -2.57. The summed E-state index contributed by atoms with van der Waals surface area (Å²) in [5.41, 5.74) is 1.18. The van der Waals surface area contributed by atoms with Crippen LogP contribution >= 0.6 is 11.6 Å². The van der Waals surface area contributed by atoms with E-state index in [1.54, 1.807) is 29.2 Å². The summed E-state index contributed by atoms with van der Waals surface area (Å²) in [7, 11) is -4.28. The lowest BCUT2D eigenvalue weighted by atomic mass is 10.1. The highest BCUT2D eigenvalue weighted by molar-refractivity contribution is 7.92. The average Bonchev–Trinajstić information content (AvgIpc) is 2.83. The second-order valence-electron chi connectivity index (χ2n) is 8.17. The Kier molecular flexibility index (Phi) is 8.33. The van der Waals surface area contributed by atoms with E-state index in [1.165, 1.54) is 29.2 Å². The zero-order valence-electron chi connectivity index (χ0n) is 19.2. The van der Waals surface area contributed by atoms with Crippen LogP contribution < -0.4 is 5.32 Å². The average molecular weight is 506 g/mol. The first-order chi connectivity index (χ1) is 16.1. The Balaban J connectivity index is 1.86. The molecule has 3 amide bonds. The minimum Gasteiger partial charge on any atom is -0.339 e. The van der Waals surface area contributed by atoms with E-state index in [9.17, 15) is 22.8 Å². The van der Waals surface area contributed by atoms with Crippen molar-refractivity contribution in [2.45, 2.75) is 37.0 Å². The summed E-state index contributed by atoms with van der Waals surface area (Å²) >= 11 is 5.89. The highest BCUT2D eigenvalue weighted by Gasteiger charge is 2.39. The number of piperazine rings is 1. The molecule has 0 aromatic heterocycles. The van der Waals surface area contributed by atoms with E-state index in [4.69, 9.17) is 11.6 Å². The molecule has 1 saturated heterocycles. The van der Waals surface area contributed by atoms with Gasteiger partial charge in [0.05, 0.1) is 4.90 Å². The van der Waals surface area contributed by atoms with Crippen molar-refractivity contribution in [1.82, 2.24) is 15.1 Å². The van der Waals surface area contributed by atoms with Crippen molar-refractivity contribution in [1.29, 1.82) is 0 Å². The normalized spacial score (nSPS) is 15.0. The number of benzene rings is 2. The standard InChI is InChI=1S/C24H28ClN3O5S/c1-3-4-21(29)27-13-15-28(16-14-27)24(31)23(26-22(30)18-7-5-17(2)6-8-18)34(32,33)20-11-9-19(25)10-12-20/h5-12,23H,3-4,13-16H2,1-2H3,(H,26,30)/t23-/m0/s1. The van der Waals surface area contributed by atoms with Gasteiger partial charge in [0.2, 0.25) is 21.1 Å². The number of hydrogen-bond acceptors (Lipinski definition) is 5. The Bertz CT molecular complexity index is 1140. The van der Waals surface area contributed by atoms with Gasteiger partial charge in [0, 0.05) is 43.2 Å². The van der Waals surface area contributed by atoms with Crippen molar-refractivity contribution in [3.05, 3.63) is 64.7 Å². The maximum Gasteiger partial charge on any atom is 0.261 e. The fourth-order valence-electron chi connectivity index (χ4n) is 3.65. The predicted molar refractivity (Wildman–Crippen MR) is 129 cm³/mol. The smallest absolute Gasteiger partial charge is 0.261 e. The van der Waals surface area contributed by atoms with Crippen LogP contribution in [0.4, 0.5) is 0 Å². The first kappa shape index (κ1) is 25.7. The van der Waals surface area contributed by atoms with E-state index >= 15 is 0 Å². The molecule has 0 radical (unpaired) electrons. The molecule has 1 aliphatic rings. The molecule has 2 aromatic rings. The molecule has 10 heteroatoms. The Hall–Kier alpha value is -2.91. The molecule has 1 fully saturated rings. The number of nitrogens with one attached hydrogen (secondary N) is 1. The maximum atomic E-state index is 13.4. The third-order valence-electron chi connectivity index (χ3n) is 5.66. The van der Waals surface area contributed by atoms with Crippen LogP contribution in [0.3, 0.4) is 0 Å². The molecule has 182 valence electrons. The number of halogens is 1. The molecule has 1 atom stereocenters. The Morgan fingerprint density at radius 2 is 1.50 bits per heavy atom.